The number of fused-ring (bicyclic) bond motifs is 5. The van der Waals surface area contributed by atoms with Gasteiger partial charge >= 0.3 is 6.09 Å². The van der Waals surface area contributed by atoms with Crippen LogP contribution in [0.25, 0.3) is 10.9 Å². The van der Waals surface area contributed by atoms with Gasteiger partial charge in [-0.25, -0.2) is 18.2 Å². The number of rotatable bonds is 6. The van der Waals surface area contributed by atoms with E-state index in [1.165, 1.54) is 4.90 Å². The fourth-order valence-corrected chi connectivity index (χ4v) is 10.1. The van der Waals surface area contributed by atoms with E-state index in [0.717, 1.165) is 47.8 Å². The van der Waals surface area contributed by atoms with Crippen LogP contribution >= 0.6 is 0 Å². The number of carbonyl (C=O) groups is 4. The topological polar surface area (TPSA) is 182 Å². The number of alkyl carbamates (subject to hydrolysis) is 1. The van der Waals surface area contributed by atoms with Crippen LogP contribution in [0.2, 0.25) is 0 Å². The maximum atomic E-state index is 14.8. The Balaban J connectivity index is 1.15. The molecule has 14 nitrogen and oxygen atoms in total. The maximum Gasteiger partial charge on any atom is 0.408 e. The molecule has 1 aromatic carbocycles. The molecular weight excluding hydrogens is 751 g/mol. The zero-order valence-electron chi connectivity index (χ0n) is 33.6. The molecule has 8 rings (SSSR count). The number of allylic oxidation sites excluding steroid dienone is 1. The Bertz CT molecular complexity index is 2140. The standard InChI is InChI=1S/C42H55N5O9S/c1-39(2,3)56-38(51)44-31-12-10-8-6-7-9-11-26-22-42(26,37(50)46-57(52,53)40(4)19-20-40)45-35(48)32-23-41(24-47(32)36(31)49)18-17-28-29-21-27(54-5)15-16-30(29)43-33(25-13-14-25)34(28)55-41/h9,11,15-16,21,25-26,31-32H,6-8,10,12-14,17-20,22-24H2,1-5H3,(H,44,51)(H,45,48)(H,46,50)/b11-9-/t26-,31+,32+,41-,42-/m1/s1. The molecule has 4 heterocycles. The van der Waals surface area contributed by atoms with E-state index < -0.39 is 73.3 Å². The smallest absolute Gasteiger partial charge is 0.408 e. The summed E-state index contributed by atoms with van der Waals surface area (Å²) in [7, 11) is -2.37. The summed E-state index contributed by atoms with van der Waals surface area (Å²) in [6.07, 6.45) is 10.7. The highest BCUT2D eigenvalue weighted by atomic mass is 32.2. The third-order valence-corrected chi connectivity index (χ3v) is 14.9. The second-order valence-electron chi connectivity index (χ2n) is 18.4. The van der Waals surface area contributed by atoms with Crippen LogP contribution in [-0.2, 0) is 35.6 Å². The lowest BCUT2D eigenvalue weighted by Crippen LogP contribution is -2.58. The predicted molar refractivity (Wildman–Crippen MR) is 211 cm³/mol. The van der Waals surface area contributed by atoms with Crippen molar-refractivity contribution in [1.82, 2.24) is 25.2 Å². The van der Waals surface area contributed by atoms with E-state index in [4.69, 9.17) is 19.2 Å². The summed E-state index contributed by atoms with van der Waals surface area (Å²) in [5.74, 6) is -0.593. The van der Waals surface area contributed by atoms with Crippen molar-refractivity contribution in [3.05, 3.63) is 41.6 Å². The number of aromatic nitrogens is 1. The van der Waals surface area contributed by atoms with Gasteiger partial charge in [0.1, 0.15) is 40.3 Å². The molecule has 5 atom stereocenters. The van der Waals surface area contributed by atoms with E-state index in [1.807, 2.05) is 30.4 Å². The quantitative estimate of drug-likeness (QED) is 0.334. The molecule has 3 saturated carbocycles. The summed E-state index contributed by atoms with van der Waals surface area (Å²) < 4.78 is 46.0. The molecule has 4 fully saturated rings. The predicted octanol–water partition coefficient (Wildman–Crippen LogP) is 5.07. The highest BCUT2D eigenvalue weighted by molar-refractivity contribution is 7.91. The van der Waals surface area contributed by atoms with Gasteiger partial charge in [0.25, 0.3) is 5.91 Å². The highest BCUT2D eigenvalue weighted by Crippen LogP contribution is 2.52. The van der Waals surface area contributed by atoms with Gasteiger partial charge in [-0.2, -0.15) is 0 Å². The molecule has 6 aliphatic rings. The lowest BCUT2D eigenvalue weighted by atomic mass is 9.86. The van der Waals surface area contributed by atoms with E-state index in [1.54, 1.807) is 34.8 Å². The molecule has 0 unspecified atom stereocenters. The molecule has 3 aliphatic heterocycles. The van der Waals surface area contributed by atoms with Crippen molar-refractivity contribution in [1.29, 1.82) is 0 Å². The van der Waals surface area contributed by atoms with Crippen molar-refractivity contribution >= 4 is 44.7 Å². The summed E-state index contributed by atoms with van der Waals surface area (Å²) >= 11 is 0. The number of benzene rings is 1. The van der Waals surface area contributed by atoms with Gasteiger partial charge in [-0.15, -0.1) is 0 Å². The van der Waals surface area contributed by atoms with E-state index in [0.29, 0.717) is 56.4 Å². The summed E-state index contributed by atoms with van der Waals surface area (Å²) in [4.78, 5) is 63.4. The average Bonchev–Trinajstić information content (AvgIpc) is 4.08. The fourth-order valence-electron chi connectivity index (χ4n) is 8.74. The van der Waals surface area contributed by atoms with Gasteiger partial charge in [0.15, 0.2) is 0 Å². The zero-order chi connectivity index (χ0) is 40.5. The summed E-state index contributed by atoms with van der Waals surface area (Å²) in [5, 5.41) is 6.72. The number of aryl methyl sites for hydroxylation is 1. The first kappa shape index (κ1) is 39.4. The van der Waals surface area contributed by atoms with Crippen molar-refractivity contribution in [2.45, 2.75) is 151 Å². The number of carbonyl (C=O) groups excluding carboxylic acids is 4. The van der Waals surface area contributed by atoms with Gasteiger partial charge in [0.2, 0.25) is 21.8 Å². The van der Waals surface area contributed by atoms with Crippen LogP contribution in [0.15, 0.2) is 30.4 Å². The van der Waals surface area contributed by atoms with Crippen LogP contribution in [0.3, 0.4) is 0 Å². The second-order valence-corrected chi connectivity index (χ2v) is 20.6. The third-order valence-electron chi connectivity index (χ3n) is 12.7. The Morgan fingerprint density at radius 3 is 2.53 bits per heavy atom. The van der Waals surface area contributed by atoms with E-state index in [-0.39, 0.29) is 25.3 Å². The number of methoxy groups -OCH3 is 1. The van der Waals surface area contributed by atoms with Crippen molar-refractivity contribution in [2.24, 2.45) is 5.92 Å². The van der Waals surface area contributed by atoms with Crippen LogP contribution in [0, 0.1) is 5.92 Å². The third kappa shape index (κ3) is 7.68. The molecule has 1 aromatic heterocycles. The van der Waals surface area contributed by atoms with E-state index in [2.05, 4.69) is 15.4 Å². The number of hydrogen-bond acceptors (Lipinski definition) is 10. The van der Waals surface area contributed by atoms with Crippen LogP contribution < -0.4 is 24.8 Å². The normalized spacial score (nSPS) is 30.3. The Morgan fingerprint density at radius 1 is 1.05 bits per heavy atom. The molecule has 2 aromatic rings. The van der Waals surface area contributed by atoms with Gasteiger partial charge in [0.05, 0.1) is 29.6 Å². The van der Waals surface area contributed by atoms with Crippen LogP contribution in [0.1, 0.15) is 122 Å². The maximum absolute atomic E-state index is 14.8. The van der Waals surface area contributed by atoms with Gasteiger partial charge in [0, 0.05) is 29.2 Å². The molecule has 1 saturated heterocycles. The van der Waals surface area contributed by atoms with E-state index >= 15 is 0 Å². The van der Waals surface area contributed by atoms with Gasteiger partial charge in [-0.05, 0) is 110 Å². The summed E-state index contributed by atoms with van der Waals surface area (Å²) in [6, 6.07) is 3.75. The Morgan fingerprint density at radius 2 is 1.82 bits per heavy atom. The minimum Gasteiger partial charge on any atom is -0.497 e. The highest BCUT2D eigenvalue weighted by Gasteiger charge is 2.64. The van der Waals surface area contributed by atoms with Gasteiger partial charge in [-0.1, -0.05) is 25.0 Å². The van der Waals surface area contributed by atoms with Crippen molar-refractivity contribution in [2.75, 3.05) is 13.7 Å². The lowest BCUT2D eigenvalue weighted by Gasteiger charge is -2.37. The Labute approximate surface area is 334 Å². The molecule has 15 heteroatoms. The monoisotopic (exact) mass is 805 g/mol. The van der Waals surface area contributed by atoms with Crippen LogP contribution in [-0.4, -0.2) is 89.3 Å². The van der Waals surface area contributed by atoms with Crippen molar-refractivity contribution in [3.63, 3.8) is 0 Å². The first-order chi connectivity index (χ1) is 27.0. The zero-order valence-corrected chi connectivity index (χ0v) is 34.4. The number of hydrogen-bond donors (Lipinski definition) is 3. The molecule has 0 radical (unpaired) electrons. The molecular formula is C42H55N5O9S. The number of nitrogens with one attached hydrogen (secondary N) is 3. The molecule has 0 bridgehead atoms. The minimum atomic E-state index is -3.99. The summed E-state index contributed by atoms with van der Waals surface area (Å²) in [6.45, 7) is 6.91. The average molecular weight is 806 g/mol. The first-order valence-electron chi connectivity index (χ1n) is 20.5. The molecule has 1 spiro atoms. The SMILES string of the molecule is COc1ccc2nc(C3CC3)c3c(c2c1)CC[C@]1(C[C@H]2C(=O)N[C@]4(C(=O)NS(=O)(=O)C5(C)CC5)C[C@H]4/C=C\CCCCC[C@H](NC(=O)OC(C)(C)C)C(=O)N2C1)O3. The lowest BCUT2D eigenvalue weighted by molar-refractivity contribution is -0.141. The fraction of sp³-hybridized carbons (Fsp3) is 0.643. The number of pyridine rings is 1. The number of ether oxygens (including phenoxy) is 3. The van der Waals surface area contributed by atoms with Crippen LogP contribution in [0.5, 0.6) is 11.5 Å². The van der Waals surface area contributed by atoms with Gasteiger partial charge < -0.3 is 29.7 Å². The Hall–Kier alpha value is -4.40. The number of amides is 4. The molecule has 3 aliphatic carbocycles. The molecule has 3 N–H and O–H groups in total. The van der Waals surface area contributed by atoms with E-state index in [9.17, 15) is 27.6 Å². The molecule has 4 amide bonds. The van der Waals surface area contributed by atoms with Gasteiger partial charge in [-0.3, -0.25) is 19.1 Å². The summed E-state index contributed by atoms with van der Waals surface area (Å²) in [5.41, 5.74) is -0.539. The molecule has 57 heavy (non-hydrogen) atoms. The number of nitrogens with zero attached hydrogens (tertiary/aromatic N) is 2. The molecule has 308 valence electrons. The van der Waals surface area contributed by atoms with Crippen molar-refractivity contribution in [3.8, 4) is 11.5 Å². The largest absolute Gasteiger partial charge is 0.497 e. The second kappa shape index (κ2) is 14.2. The van der Waals surface area contributed by atoms with Crippen LogP contribution in [0.4, 0.5) is 4.79 Å². The first-order valence-corrected chi connectivity index (χ1v) is 22.0. The Kier molecular flexibility index (Phi) is 9.79. The van der Waals surface area contributed by atoms with Crippen molar-refractivity contribution < 1.29 is 41.8 Å². The minimum absolute atomic E-state index is 0.0609. The number of sulfonamides is 1.